The Morgan fingerprint density at radius 1 is 1.00 bits per heavy atom. The molecular formula is C35H37N7O2. The summed E-state index contributed by atoms with van der Waals surface area (Å²) in [5, 5.41) is 15.3. The van der Waals surface area contributed by atoms with Crippen molar-refractivity contribution in [3.63, 3.8) is 0 Å². The van der Waals surface area contributed by atoms with Gasteiger partial charge in [0.15, 0.2) is 5.88 Å². The molecule has 1 aliphatic rings. The average molecular weight is 588 g/mol. The van der Waals surface area contributed by atoms with Crippen molar-refractivity contribution >= 4 is 39.8 Å². The normalized spacial score (nSPS) is 14.0. The molecule has 1 amide bonds. The maximum atomic E-state index is 12.8. The Labute approximate surface area is 257 Å². The molecule has 9 nitrogen and oxygen atoms in total. The smallest absolute Gasteiger partial charge is 0.240 e. The monoisotopic (exact) mass is 587 g/mol. The molecule has 1 fully saturated rings. The molecule has 1 aliphatic heterocycles. The number of aromatic hydroxyl groups is 1. The second-order valence-electron chi connectivity index (χ2n) is 11.5. The quantitative estimate of drug-likeness (QED) is 0.173. The van der Waals surface area contributed by atoms with Gasteiger partial charge in [0.25, 0.3) is 0 Å². The lowest BCUT2D eigenvalue weighted by Crippen LogP contribution is -2.37. The molecule has 0 bridgehead atoms. The highest BCUT2D eigenvalue weighted by Crippen LogP contribution is 2.34. The zero-order chi connectivity index (χ0) is 30.6. The molecule has 5 aromatic rings. The first-order valence-corrected chi connectivity index (χ1v) is 15.0. The maximum absolute atomic E-state index is 12.8. The number of likely N-dealkylation sites (tertiary alicyclic amines) is 1. The number of nitrogens with one attached hydrogen (secondary N) is 2. The zero-order valence-electron chi connectivity index (χ0n) is 25.3. The Kier molecular flexibility index (Phi) is 8.38. The molecule has 0 saturated carbocycles. The van der Waals surface area contributed by atoms with Gasteiger partial charge in [-0.05, 0) is 75.7 Å². The number of carbonyl (C=O) groups is 1. The number of amides is 1. The van der Waals surface area contributed by atoms with E-state index in [-0.39, 0.29) is 17.8 Å². The standard InChI is InChI=1S/C35H37N7O2/c1-23(2)38-35-36-20-26(21-37-35)25-11-16-29-30(19-25)40-34(44)32(29)33(24-9-5-4-6-10-24)39-27-12-14-28(15-13-27)41(3)31(43)22-42-17-7-8-18-42/h4-6,9-16,19-21,23,40,44H,7-8,17-18,22H2,1-3H3,(H,36,37,38). The van der Waals surface area contributed by atoms with Crippen molar-refractivity contribution in [3.05, 3.63) is 96.3 Å². The molecule has 0 unspecified atom stereocenters. The van der Waals surface area contributed by atoms with Gasteiger partial charge in [0.2, 0.25) is 11.9 Å². The molecule has 3 aromatic carbocycles. The molecule has 0 aliphatic carbocycles. The van der Waals surface area contributed by atoms with Crippen LogP contribution in [0.25, 0.3) is 22.0 Å². The molecule has 3 heterocycles. The van der Waals surface area contributed by atoms with E-state index in [0.29, 0.717) is 29.5 Å². The number of aromatic amines is 1. The van der Waals surface area contributed by atoms with Gasteiger partial charge in [-0.15, -0.1) is 0 Å². The van der Waals surface area contributed by atoms with Crippen LogP contribution >= 0.6 is 0 Å². The lowest BCUT2D eigenvalue weighted by molar-refractivity contribution is -0.119. The number of hydrogen-bond acceptors (Lipinski definition) is 7. The van der Waals surface area contributed by atoms with E-state index in [1.54, 1.807) is 17.3 Å². The second kappa shape index (κ2) is 12.7. The Balaban J connectivity index is 1.31. The van der Waals surface area contributed by atoms with Gasteiger partial charge in [0.1, 0.15) is 0 Å². The maximum Gasteiger partial charge on any atom is 0.240 e. The van der Waals surface area contributed by atoms with E-state index >= 15 is 0 Å². The first-order chi connectivity index (χ1) is 21.4. The molecule has 1 saturated heterocycles. The number of fused-ring (bicyclic) bond motifs is 1. The highest BCUT2D eigenvalue weighted by atomic mass is 16.3. The number of nitrogens with zero attached hydrogens (tertiary/aromatic N) is 5. The van der Waals surface area contributed by atoms with E-state index < -0.39 is 0 Å². The van der Waals surface area contributed by atoms with Crippen LogP contribution in [0.1, 0.15) is 37.8 Å². The highest BCUT2D eigenvalue weighted by Gasteiger charge is 2.21. The predicted molar refractivity (Wildman–Crippen MR) is 177 cm³/mol. The van der Waals surface area contributed by atoms with Crippen molar-refractivity contribution in [3.8, 4) is 17.0 Å². The molecule has 224 valence electrons. The third-order valence-electron chi connectivity index (χ3n) is 7.88. The summed E-state index contributed by atoms with van der Waals surface area (Å²) in [6.45, 7) is 6.48. The number of likely N-dealkylation sites (N-methyl/N-ethyl adjacent to an activating group) is 1. The highest BCUT2D eigenvalue weighted by molar-refractivity contribution is 6.22. The lowest BCUT2D eigenvalue weighted by atomic mass is 9.99. The molecule has 3 N–H and O–H groups in total. The Morgan fingerprint density at radius 3 is 2.39 bits per heavy atom. The number of hydrogen-bond donors (Lipinski definition) is 3. The van der Waals surface area contributed by atoms with Gasteiger partial charge in [-0.25, -0.2) is 15.0 Å². The van der Waals surface area contributed by atoms with Crippen LogP contribution in [0.15, 0.2) is 90.2 Å². The topological polar surface area (TPSA) is 110 Å². The molecule has 0 spiro atoms. The third kappa shape index (κ3) is 6.33. The third-order valence-corrected chi connectivity index (χ3v) is 7.88. The van der Waals surface area contributed by atoms with Gasteiger partial charge in [-0.1, -0.05) is 42.5 Å². The summed E-state index contributed by atoms with van der Waals surface area (Å²) in [5.41, 5.74) is 6.23. The van der Waals surface area contributed by atoms with Crippen LogP contribution in [0.5, 0.6) is 5.88 Å². The molecule has 0 atom stereocenters. The molecule has 9 heteroatoms. The summed E-state index contributed by atoms with van der Waals surface area (Å²) in [5.74, 6) is 0.698. The molecular weight excluding hydrogens is 550 g/mol. The van der Waals surface area contributed by atoms with Gasteiger partial charge in [0.05, 0.1) is 23.5 Å². The van der Waals surface area contributed by atoms with Crippen molar-refractivity contribution in [2.45, 2.75) is 32.7 Å². The summed E-state index contributed by atoms with van der Waals surface area (Å²) in [6.07, 6.45) is 5.89. The van der Waals surface area contributed by atoms with E-state index in [4.69, 9.17) is 4.99 Å². The van der Waals surface area contributed by atoms with Crippen molar-refractivity contribution in [2.24, 2.45) is 4.99 Å². The van der Waals surface area contributed by atoms with Crippen LogP contribution in [0.3, 0.4) is 0 Å². The first kappa shape index (κ1) is 29.1. The van der Waals surface area contributed by atoms with Crippen molar-refractivity contribution in [1.82, 2.24) is 19.9 Å². The first-order valence-electron chi connectivity index (χ1n) is 15.0. The minimum absolute atomic E-state index is 0.0383. The van der Waals surface area contributed by atoms with E-state index in [9.17, 15) is 9.90 Å². The van der Waals surface area contributed by atoms with E-state index in [2.05, 4.69) is 25.2 Å². The van der Waals surface area contributed by atoms with Crippen molar-refractivity contribution in [1.29, 1.82) is 0 Å². The van der Waals surface area contributed by atoms with Crippen LogP contribution in [0.4, 0.5) is 17.3 Å². The van der Waals surface area contributed by atoms with E-state index in [0.717, 1.165) is 59.2 Å². The number of rotatable bonds is 9. The SMILES string of the molecule is CC(C)Nc1ncc(-c2ccc3c(C(=Nc4ccc(N(C)C(=O)CN5CCCC5)cc4)c4ccccc4)c(O)[nH]c3c2)cn1. The lowest BCUT2D eigenvalue weighted by Gasteiger charge is -2.21. The number of aliphatic imine (C=N–C) groups is 1. The Bertz CT molecular complexity index is 1770. The summed E-state index contributed by atoms with van der Waals surface area (Å²) < 4.78 is 0. The molecule has 44 heavy (non-hydrogen) atoms. The van der Waals surface area contributed by atoms with E-state index in [1.807, 2.05) is 93.7 Å². The molecule has 6 rings (SSSR count). The zero-order valence-corrected chi connectivity index (χ0v) is 25.3. The molecule has 0 radical (unpaired) electrons. The number of benzene rings is 3. The Hall–Kier alpha value is -5.02. The number of anilines is 2. The fourth-order valence-electron chi connectivity index (χ4n) is 5.54. The fourth-order valence-corrected chi connectivity index (χ4v) is 5.54. The number of H-pyrrole nitrogens is 1. The van der Waals surface area contributed by atoms with Gasteiger partial charge < -0.3 is 20.3 Å². The number of aromatic nitrogens is 3. The van der Waals surface area contributed by atoms with Gasteiger partial charge in [0, 0.05) is 53.2 Å². The van der Waals surface area contributed by atoms with Crippen molar-refractivity contribution < 1.29 is 9.90 Å². The predicted octanol–water partition coefficient (Wildman–Crippen LogP) is 6.38. The average Bonchev–Trinajstić information content (AvgIpc) is 3.66. The van der Waals surface area contributed by atoms with Gasteiger partial charge in [-0.3, -0.25) is 9.69 Å². The Morgan fingerprint density at radius 2 is 1.70 bits per heavy atom. The summed E-state index contributed by atoms with van der Waals surface area (Å²) >= 11 is 0. The molecule has 2 aromatic heterocycles. The fraction of sp³-hybridized carbons (Fsp3) is 0.257. The second-order valence-corrected chi connectivity index (χ2v) is 11.5. The summed E-state index contributed by atoms with van der Waals surface area (Å²) in [4.78, 5) is 33.8. The van der Waals surface area contributed by atoms with Crippen LogP contribution in [0, 0.1) is 0 Å². The van der Waals surface area contributed by atoms with Gasteiger partial charge in [-0.2, -0.15) is 0 Å². The van der Waals surface area contributed by atoms with Crippen LogP contribution < -0.4 is 10.2 Å². The van der Waals surface area contributed by atoms with Crippen LogP contribution in [0.2, 0.25) is 0 Å². The largest absolute Gasteiger partial charge is 0.494 e. The minimum atomic E-state index is 0.0383. The van der Waals surface area contributed by atoms with E-state index in [1.165, 1.54) is 0 Å². The minimum Gasteiger partial charge on any atom is -0.494 e. The van der Waals surface area contributed by atoms with Crippen LogP contribution in [-0.2, 0) is 4.79 Å². The summed E-state index contributed by atoms with van der Waals surface area (Å²) in [6, 6.07) is 23.7. The number of carbonyl (C=O) groups excluding carboxylic acids is 1. The van der Waals surface area contributed by atoms with Gasteiger partial charge >= 0.3 is 0 Å². The summed E-state index contributed by atoms with van der Waals surface area (Å²) in [7, 11) is 1.81. The van der Waals surface area contributed by atoms with Crippen LogP contribution in [-0.4, -0.2) is 69.3 Å². The van der Waals surface area contributed by atoms with Crippen molar-refractivity contribution in [2.75, 3.05) is 36.9 Å².